The van der Waals surface area contributed by atoms with E-state index in [2.05, 4.69) is 0 Å². The molecule has 0 unspecified atom stereocenters. The first-order chi connectivity index (χ1) is 7.27. The van der Waals surface area contributed by atoms with Gasteiger partial charge in [0, 0.05) is 0 Å². The lowest BCUT2D eigenvalue weighted by Crippen LogP contribution is -2.15. The molecule has 2 rings (SSSR count). The second-order valence-electron chi connectivity index (χ2n) is 4.40. The molecule has 0 radical (unpaired) electrons. The van der Waals surface area contributed by atoms with Crippen LogP contribution in [0.1, 0.15) is 43.8 Å². The Morgan fingerprint density at radius 1 is 1.20 bits per heavy atom. The highest BCUT2D eigenvalue weighted by Gasteiger charge is 2.22. The molecule has 15 heavy (non-hydrogen) atoms. The van der Waals surface area contributed by atoms with Gasteiger partial charge in [-0.2, -0.15) is 0 Å². The van der Waals surface area contributed by atoms with Crippen LogP contribution in [0.15, 0.2) is 24.3 Å². The van der Waals surface area contributed by atoms with Crippen molar-refractivity contribution in [3.05, 3.63) is 35.6 Å². The summed E-state index contributed by atoms with van der Waals surface area (Å²) < 4.78 is 13.0. The highest BCUT2D eigenvalue weighted by molar-refractivity contribution is 5.19. The third kappa shape index (κ3) is 2.57. The molecule has 1 saturated carbocycles. The summed E-state index contributed by atoms with van der Waals surface area (Å²) in [6, 6.07) is 6.33. The third-order valence-electron chi connectivity index (χ3n) is 3.29. The summed E-state index contributed by atoms with van der Waals surface area (Å²) in [4.78, 5) is 0. The standard InChI is InChI=1S/C13H17FO/c14-12-8-4-7-11(9-12)13(15)10-5-2-1-3-6-10/h4,7-10,13,15H,1-3,5-6H2/t13-/m0/s1. The average Bonchev–Trinajstić information content (AvgIpc) is 2.29. The quantitative estimate of drug-likeness (QED) is 0.789. The smallest absolute Gasteiger partial charge is 0.123 e. The maximum Gasteiger partial charge on any atom is 0.123 e. The molecule has 0 aromatic heterocycles. The van der Waals surface area contributed by atoms with Crippen molar-refractivity contribution >= 4 is 0 Å². The second-order valence-corrected chi connectivity index (χ2v) is 4.40. The molecule has 0 amide bonds. The largest absolute Gasteiger partial charge is 0.388 e. The van der Waals surface area contributed by atoms with Crippen LogP contribution in [0.2, 0.25) is 0 Å². The molecule has 1 aliphatic rings. The molecule has 0 saturated heterocycles. The lowest BCUT2D eigenvalue weighted by Gasteiger charge is -2.26. The summed E-state index contributed by atoms with van der Waals surface area (Å²) in [6.45, 7) is 0. The van der Waals surface area contributed by atoms with E-state index >= 15 is 0 Å². The van der Waals surface area contributed by atoms with Gasteiger partial charge in [-0.3, -0.25) is 0 Å². The zero-order valence-corrected chi connectivity index (χ0v) is 8.82. The van der Waals surface area contributed by atoms with Gasteiger partial charge in [0.05, 0.1) is 6.10 Å². The molecule has 1 nitrogen and oxygen atoms in total. The van der Waals surface area contributed by atoms with Gasteiger partial charge >= 0.3 is 0 Å². The summed E-state index contributed by atoms with van der Waals surface area (Å²) >= 11 is 0. The number of rotatable bonds is 2. The Balaban J connectivity index is 2.08. The highest BCUT2D eigenvalue weighted by atomic mass is 19.1. The van der Waals surface area contributed by atoms with E-state index in [4.69, 9.17) is 0 Å². The number of hydrogen-bond acceptors (Lipinski definition) is 1. The van der Waals surface area contributed by atoms with E-state index < -0.39 is 6.10 Å². The maximum atomic E-state index is 13.0. The monoisotopic (exact) mass is 208 g/mol. The van der Waals surface area contributed by atoms with E-state index in [-0.39, 0.29) is 5.82 Å². The van der Waals surface area contributed by atoms with Crippen molar-refractivity contribution in [1.82, 2.24) is 0 Å². The number of halogens is 1. The number of benzene rings is 1. The topological polar surface area (TPSA) is 20.2 Å². The van der Waals surface area contributed by atoms with Crippen LogP contribution in [0, 0.1) is 11.7 Å². The molecule has 2 heteroatoms. The summed E-state index contributed by atoms with van der Waals surface area (Å²) in [5.41, 5.74) is 0.724. The Bertz CT molecular complexity index is 318. The second kappa shape index (κ2) is 4.75. The molecular formula is C13H17FO. The molecule has 0 heterocycles. The Labute approximate surface area is 89.9 Å². The van der Waals surface area contributed by atoms with Gasteiger partial charge in [-0.25, -0.2) is 4.39 Å². The lowest BCUT2D eigenvalue weighted by atomic mass is 9.83. The Hall–Kier alpha value is -0.890. The summed E-state index contributed by atoms with van der Waals surface area (Å²) in [6.07, 6.45) is 5.30. The Morgan fingerprint density at radius 3 is 2.60 bits per heavy atom. The van der Waals surface area contributed by atoms with Crippen molar-refractivity contribution in [3.63, 3.8) is 0 Å². The summed E-state index contributed by atoms with van der Waals surface area (Å²) in [7, 11) is 0. The van der Waals surface area contributed by atoms with Gasteiger partial charge in [-0.1, -0.05) is 31.4 Å². The predicted octanol–water partition coefficient (Wildman–Crippen LogP) is 3.44. The van der Waals surface area contributed by atoms with Crippen LogP contribution in [0.3, 0.4) is 0 Å². The first kappa shape index (κ1) is 10.6. The fourth-order valence-corrected chi connectivity index (χ4v) is 2.41. The third-order valence-corrected chi connectivity index (χ3v) is 3.29. The van der Waals surface area contributed by atoms with Gasteiger partial charge in [-0.05, 0) is 36.5 Å². The molecule has 0 bridgehead atoms. The van der Waals surface area contributed by atoms with Crippen molar-refractivity contribution in [1.29, 1.82) is 0 Å². The fourth-order valence-electron chi connectivity index (χ4n) is 2.41. The van der Waals surface area contributed by atoms with Crippen molar-refractivity contribution in [3.8, 4) is 0 Å². The Morgan fingerprint density at radius 2 is 1.93 bits per heavy atom. The van der Waals surface area contributed by atoms with E-state index in [0.29, 0.717) is 5.92 Å². The molecule has 1 N–H and O–H groups in total. The molecule has 0 spiro atoms. The van der Waals surface area contributed by atoms with E-state index in [1.54, 1.807) is 6.07 Å². The zero-order valence-electron chi connectivity index (χ0n) is 8.82. The maximum absolute atomic E-state index is 13.0. The van der Waals surface area contributed by atoms with Crippen molar-refractivity contribution < 1.29 is 9.50 Å². The van der Waals surface area contributed by atoms with Crippen molar-refractivity contribution in [2.45, 2.75) is 38.2 Å². The van der Waals surface area contributed by atoms with E-state index in [1.807, 2.05) is 6.07 Å². The molecule has 1 atom stereocenters. The first-order valence-electron chi connectivity index (χ1n) is 5.71. The molecular weight excluding hydrogens is 191 g/mol. The Kier molecular flexibility index (Phi) is 3.37. The van der Waals surface area contributed by atoms with Crippen LogP contribution >= 0.6 is 0 Å². The lowest BCUT2D eigenvalue weighted by molar-refractivity contribution is 0.0846. The van der Waals surface area contributed by atoms with Gasteiger partial charge in [0.2, 0.25) is 0 Å². The van der Waals surface area contributed by atoms with E-state index in [1.165, 1.54) is 31.4 Å². The van der Waals surface area contributed by atoms with Gasteiger partial charge in [0.1, 0.15) is 5.82 Å². The molecule has 1 aromatic carbocycles. The van der Waals surface area contributed by atoms with Crippen LogP contribution in [0.4, 0.5) is 4.39 Å². The zero-order chi connectivity index (χ0) is 10.7. The minimum Gasteiger partial charge on any atom is -0.388 e. The summed E-state index contributed by atoms with van der Waals surface area (Å²) in [5, 5.41) is 10.1. The number of hydrogen-bond donors (Lipinski definition) is 1. The van der Waals surface area contributed by atoms with E-state index in [9.17, 15) is 9.50 Å². The molecule has 1 aliphatic carbocycles. The molecule has 82 valence electrons. The SMILES string of the molecule is O[C@H](c1cccc(F)c1)C1CCCCC1. The predicted molar refractivity (Wildman–Crippen MR) is 57.9 cm³/mol. The highest BCUT2D eigenvalue weighted by Crippen LogP contribution is 2.34. The number of aliphatic hydroxyl groups excluding tert-OH is 1. The fraction of sp³-hybridized carbons (Fsp3) is 0.538. The van der Waals surface area contributed by atoms with Crippen LogP contribution in [0.25, 0.3) is 0 Å². The molecule has 0 aliphatic heterocycles. The van der Waals surface area contributed by atoms with Crippen LogP contribution in [-0.4, -0.2) is 5.11 Å². The van der Waals surface area contributed by atoms with Crippen molar-refractivity contribution in [2.75, 3.05) is 0 Å². The number of aliphatic hydroxyl groups is 1. The van der Waals surface area contributed by atoms with E-state index in [0.717, 1.165) is 18.4 Å². The summed E-state index contributed by atoms with van der Waals surface area (Å²) in [5.74, 6) is 0.0582. The van der Waals surface area contributed by atoms with Crippen LogP contribution in [-0.2, 0) is 0 Å². The first-order valence-corrected chi connectivity index (χ1v) is 5.71. The van der Waals surface area contributed by atoms with Gasteiger partial charge < -0.3 is 5.11 Å². The van der Waals surface area contributed by atoms with Crippen molar-refractivity contribution in [2.24, 2.45) is 5.92 Å². The molecule has 1 aromatic rings. The van der Waals surface area contributed by atoms with Gasteiger partial charge in [-0.15, -0.1) is 0 Å². The van der Waals surface area contributed by atoms with Crippen LogP contribution < -0.4 is 0 Å². The minimum atomic E-state index is -0.485. The average molecular weight is 208 g/mol. The van der Waals surface area contributed by atoms with Gasteiger partial charge in [0.15, 0.2) is 0 Å². The normalized spacial score (nSPS) is 20.1. The minimum absolute atomic E-state index is 0.262. The van der Waals surface area contributed by atoms with Crippen LogP contribution in [0.5, 0.6) is 0 Å². The molecule has 1 fully saturated rings. The van der Waals surface area contributed by atoms with Gasteiger partial charge in [0.25, 0.3) is 0 Å².